The van der Waals surface area contributed by atoms with Crippen molar-refractivity contribution < 1.29 is 24.2 Å². The first-order valence-electron chi connectivity index (χ1n) is 5.75. The number of morpholine rings is 1. The van der Waals surface area contributed by atoms with Crippen LogP contribution in [-0.4, -0.2) is 60.1 Å². The van der Waals surface area contributed by atoms with Gasteiger partial charge in [-0.3, -0.25) is 14.4 Å². The Bertz CT molecular complexity index is 357. The number of carboxylic acid groups (broad SMARTS) is 1. The summed E-state index contributed by atoms with van der Waals surface area (Å²) >= 11 is 0. The Morgan fingerprint density at radius 2 is 2.06 bits per heavy atom. The molecule has 0 bridgehead atoms. The fourth-order valence-electron chi connectivity index (χ4n) is 1.86. The van der Waals surface area contributed by atoms with Gasteiger partial charge in [0, 0.05) is 20.0 Å². The van der Waals surface area contributed by atoms with E-state index in [1.807, 2.05) is 0 Å². The topological polar surface area (TPSA) is 95.9 Å². The number of carbonyl (C=O) groups is 3. The van der Waals surface area contributed by atoms with Gasteiger partial charge in [-0.15, -0.1) is 0 Å². The minimum Gasteiger partial charge on any atom is -0.481 e. The molecular weight excluding hydrogens is 240 g/mol. The molecule has 1 aliphatic heterocycles. The van der Waals surface area contributed by atoms with Gasteiger partial charge in [0.2, 0.25) is 5.91 Å². The number of nitrogens with one attached hydrogen (secondary N) is 1. The van der Waals surface area contributed by atoms with Crippen molar-refractivity contribution in [1.82, 2.24) is 10.2 Å². The summed E-state index contributed by atoms with van der Waals surface area (Å²) in [5, 5.41) is 11.0. The molecule has 1 unspecified atom stereocenters. The number of amides is 2. The molecule has 0 aromatic heterocycles. The van der Waals surface area contributed by atoms with E-state index in [0.29, 0.717) is 6.54 Å². The van der Waals surface area contributed by atoms with Gasteiger partial charge in [0.25, 0.3) is 5.91 Å². The predicted octanol–water partition coefficient (Wildman–Crippen LogP) is -0.785. The third-order valence-corrected chi connectivity index (χ3v) is 2.89. The quantitative estimate of drug-likeness (QED) is 0.689. The van der Waals surface area contributed by atoms with Crippen molar-refractivity contribution in [1.29, 1.82) is 0 Å². The smallest absolute Gasteiger partial charge is 0.303 e. The Morgan fingerprint density at radius 3 is 2.61 bits per heavy atom. The van der Waals surface area contributed by atoms with E-state index in [1.165, 1.54) is 11.9 Å². The van der Waals surface area contributed by atoms with Crippen LogP contribution in [0.2, 0.25) is 0 Å². The highest BCUT2D eigenvalue weighted by molar-refractivity contribution is 5.86. The van der Waals surface area contributed by atoms with Crippen LogP contribution in [0.25, 0.3) is 0 Å². The van der Waals surface area contributed by atoms with Gasteiger partial charge in [0.1, 0.15) is 0 Å². The highest BCUT2D eigenvalue weighted by Crippen LogP contribution is 2.18. The third kappa shape index (κ3) is 3.43. The second-order valence-electron chi connectivity index (χ2n) is 4.37. The summed E-state index contributed by atoms with van der Waals surface area (Å²) in [6.45, 7) is 2.40. The number of carbonyl (C=O) groups excluding carboxylic acids is 2. The molecule has 7 nitrogen and oxygen atoms in total. The number of carboxylic acids is 1. The van der Waals surface area contributed by atoms with Gasteiger partial charge in [-0.1, -0.05) is 0 Å². The van der Waals surface area contributed by atoms with E-state index in [9.17, 15) is 14.4 Å². The lowest BCUT2D eigenvalue weighted by Gasteiger charge is -2.39. The van der Waals surface area contributed by atoms with Crippen LogP contribution in [0.5, 0.6) is 0 Å². The van der Waals surface area contributed by atoms with Crippen LogP contribution >= 0.6 is 0 Å². The molecule has 1 rings (SSSR count). The minimum atomic E-state index is -1.06. The molecule has 7 heteroatoms. The van der Waals surface area contributed by atoms with Gasteiger partial charge >= 0.3 is 5.97 Å². The van der Waals surface area contributed by atoms with Crippen LogP contribution in [0.15, 0.2) is 0 Å². The lowest BCUT2D eigenvalue weighted by molar-refractivity contribution is -0.163. The van der Waals surface area contributed by atoms with Crippen molar-refractivity contribution in [2.24, 2.45) is 0 Å². The van der Waals surface area contributed by atoms with Crippen molar-refractivity contribution in [3.05, 3.63) is 0 Å². The number of ether oxygens (including phenoxy) is 1. The molecule has 0 radical (unpaired) electrons. The van der Waals surface area contributed by atoms with Crippen LogP contribution in [-0.2, 0) is 19.1 Å². The SMILES string of the molecule is CNC(=O)C1(C)CN(C(=O)CCC(=O)O)CCO1. The first-order valence-corrected chi connectivity index (χ1v) is 5.75. The van der Waals surface area contributed by atoms with Crippen LogP contribution in [0, 0.1) is 0 Å². The molecular formula is C11H18N2O5. The molecule has 18 heavy (non-hydrogen) atoms. The van der Waals surface area contributed by atoms with Gasteiger partial charge in [-0.2, -0.15) is 0 Å². The molecule has 0 saturated carbocycles. The van der Waals surface area contributed by atoms with Crippen LogP contribution in [0.1, 0.15) is 19.8 Å². The number of aliphatic carboxylic acids is 1. The zero-order valence-corrected chi connectivity index (χ0v) is 10.6. The van der Waals surface area contributed by atoms with E-state index >= 15 is 0 Å². The summed E-state index contributed by atoms with van der Waals surface area (Å²) in [6, 6.07) is 0. The first-order chi connectivity index (χ1) is 8.39. The minimum absolute atomic E-state index is 0.0564. The van der Waals surface area contributed by atoms with Crippen LogP contribution < -0.4 is 5.32 Å². The molecule has 0 spiro atoms. The number of hydrogen-bond donors (Lipinski definition) is 2. The van der Waals surface area contributed by atoms with Gasteiger partial charge in [-0.25, -0.2) is 0 Å². The molecule has 2 amide bonds. The molecule has 1 fully saturated rings. The molecule has 0 aromatic carbocycles. The van der Waals surface area contributed by atoms with Crippen molar-refractivity contribution in [3.8, 4) is 0 Å². The summed E-state index contributed by atoms with van der Waals surface area (Å²) in [5.74, 6) is -1.57. The van der Waals surface area contributed by atoms with E-state index in [1.54, 1.807) is 6.92 Å². The summed E-state index contributed by atoms with van der Waals surface area (Å²) in [7, 11) is 1.50. The van der Waals surface area contributed by atoms with Crippen molar-refractivity contribution in [2.75, 3.05) is 26.7 Å². The Hall–Kier alpha value is -1.63. The highest BCUT2D eigenvalue weighted by atomic mass is 16.5. The number of nitrogens with zero attached hydrogens (tertiary/aromatic N) is 1. The van der Waals surface area contributed by atoms with Gasteiger partial charge in [-0.05, 0) is 6.92 Å². The molecule has 2 N–H and O–H groups in total. The Morgan fingerprint density at radius 1 is 1.39 bits per heavy atom. The van der Waals surface area contributed by atoms with Crippen molar-refractivity contribution >= 4 is 17.8 Å². The van der Waals surface area contributed by atoms with Gasteiger partial charge in [0.05, 0.1) is 19.6 Å². The lowest BCUT2D eigenvalue weighted by atomic mass is 10.0. The zero-order chi connectivity index (χ0) is 13.8. The fraction of sp³-hybridized carbons (Fsp3) is 0.727. The van der Waals surface area contributed by atoms with Crippen molar-refractivity contribution in [2.45, 2.75) is 25.4 Å². The third-order valence-electron chi connectivity index (χ3n) is 2.89. The lowest BCUT2D eigenvalue weighted by Crippen LogP contribution is -2.58. The molecule has 1 heterocycles. The van der Waals surface area contributed by atoms with E-state index < -0.39 is 11.6 Å². The first kappa shape index (κ1) is 14.4. The standard InChI is InChI=1S/C11H18N2O5/c1-11(10(17)12-2)7-13(5-6-18-11)8(14)3-4-9(15)16/h3-7H2,1-2H3,(H,12,17)(H,15,16). The predicted molar refractivity (Wildman–Crippen MR) is 61.9 cm³/mol. The van der Waals surface area contributed by atoms with E-state index in [0.717, 1.165) is 0 Å². The van der Waals surface area contributed by atoms with Crippen molar-refractivity contribution in [3.63, 3.8) is 0 Å². The Balaban J connectivity index is 2.60. The monoisotopic (exact) mass is 258 g/mol. The fourth-order valence-corrected chi connectivity index (χ4v) is 1.86. The zero-order valence-electron chi connectivity index (χ0n) is 10.6. The van der Waals surface area contributed by atoms with Crippen LogP contribution in [0.3, 0.4) is 0 Å². The normalized spacial score (nSPS) is 23.6. The van der Waals surface area contributed by atoms with Crippen LogP contribution in [0.4, 0.5) is 0 Å². The van der Waals surface area contributed by atoms with E-state index in [4.69, 9.17) is 9.84 Å². The molecule has 1 atom stereocenters. The van der Waals surface area contributed by atoms with E-state index in [-0.39, 0.29) is 37.8 Å². The molecule has 1 aliphatic rings. The molecule has 102 valence electrons. The molecule has 1 saturated heterocycles. The largest absolute Gasteiger partial charge is 0.481 e. The second kappa shape index (κ2) is 5.81. The average Bonchev–Trinajstić information content (AvgIpc) is 2.34. The summed E-state index contributed by atoms with van der Waals surface area (Å²) < 4.78 is 5.40. The van der Waals surface area contributed by atoms with Gasteiger partial charge in [0.15, 0.2) is 5.60 Å². The maximum Gasteiger partial charge on any atom is 0.303 e. The second-order valence-corrected chi connectivity index (χ2v) is 4.37. The molecule has 0 aliphatic carbocycles. The average molecular weight is 258 g/mol. The number of rotatable bonds is 4. The van der Waals surface area contributed by atoms with E-state index in [2.05, 4.69) is 5.32 Å². The Kier molecular flexibility index (Phi) is 4.66. The summed E-state index contributed by atoms with van der Waals surface area (Å²) in [6.07, 6.45) is -0.258. The maximum atomic E-state index is 11.8. The summed E-state index contributed by atoms with van der Waals surface area (Å²) in [4.78, 5) is 35.3. The number of likely N-dealkylation sites (N-methyl/N-ethyl adjacent to an activating group) is 1. The Labute approximate surface area is 105 Å². The highest BCUT2D eigenvalue weighted by Gasteiger charge is 2.39. The van der Waals surface area contributed by atoms with Gasteiger partial charge < -0.3 is 20.1 Å². The summed E-state index contributed by atoms with van der Waals surface area (Å²) in [5.41, 5.74) is -1.06. The maximum absolute atomic E-state index is 11.8. The molecule has 0 aromatic rings. The number of hydrogen-bond acceptors (Lipinski definition) is 4.